The van der Waals surface area contributed by atoms with E-state index in [1.54, 1.807) is 6.07 Å². The fourth-order valence-corrected chi connectivity index (χ4v) is 4.32. The number of sulfonamides is 1. The third-order valence-electron chi connectivity index (χ3n) is 3.53. The summed E-state index contributed by atoms with van der Waals surface area (Å²) in [6, 6.07) is 3.62. The number of hydrogen-bond donors (Lipinski definition) is 1. The highest BCUT2D eigenvalue weighted by atomic mass is 32.2. The predicted octanol–water partition coefficient (Wildman–Crippen LogP) is 2.26. The zero-order valence-electron chi connectivity index (χ0n) is 11.5. The molecule has 1 unspecified atom stereocenters. The Kier molecular flexibility index (Phi) is 3.57. The van der Waals surface area contributed by atoms with Crippen molar-refractivity contribution in [1.82, 2.24) is 14.9 Å². The second-order valence-corrected chi connectivity index (χ2v) is 8.27. The molecule has 0 aliphatic heterocycles. The molecule has 0 amide bonds. The monoisotopic (exact) mass is 349 g/mol. The number of halogens is 2. The topological polar surface area (TPSA) is 85.1 Å². The van der Waals surface area contributed by atoms with Gasteiger partial charge >= 0.3 is 0 Å². The molecule has 1 aliphatic rings. The molecule has 0 aromatic carbocycles. The Morgan fingerprint density at radius 3 is 2.82 bits per heavy atom. The van der Waals surface area contributed by atoms with Gasteiger partial charge in [0.25, 0.3) is 11.8 Å². The summed E-state index contributed by atoms with van der Waals surface area (Å²) in [6.07, 6.45) is -0.411. The molecule has 22 heavy (non-hydrogen) atoms. The number of nitrogens with zero attached hydrogens (tertiary/aromatic N) is 2. The molecule has 10 heteroatoms. The van der Waals surface area contributed by atoms with Gasteiger partial charge in [-0.05, 0) is 11.4 Å². The van der Waals surface area contributed by atoms with Crippen LogP contribution >= 0.6 is 11.3 Å². The lowest BCUT2D eigenvalue weighted by molar-refractivity contribution is 0.0769. The minimum Gasteiger partial charge on any atom is -0.333 e. The summed E-state index contributed by atoms with van der Waals surface area (Å²) >= 11 is 1.41. The van der Waals surface area contributed by atoms with Crippen LogP contribution in [0.2, 0.25) is 0 Å². The predicted molar refractivity (Wildman–Crippen MR) is 75.9 cm³/mol. The molecule has 1 saturated carbocycles. The van der Waals surface area contributed by atoms with Gasteiger partial charge in [-0.1, -0.05) is 18.1 Å². The van der Waals surface area contributed by atoms with Crippen molar-refractivity contribution in [3.63, 3.8) is 0 Å². The molecule has 3 rings (SSSR count). The second-order valence-electron chi connectivity index (χ2n) is 5.52. The highest BCUT2D eigenvalue weighted by Gasteiger charge is 2.69. The molecule has 1 N–H and O–H groups in total. The fourth-order valence-electron chi connectivity index (χ4n) is 2.07. The van der Waals surface area contributed by atoms with Gasteiger partial charge in [-0.25, -0.2) is 21.9 Å². The zero-order chi connectivity index (χ0) is 16.0. The van der Waals surface area contributed by atoms with Gasteiger partial charge < -0.3 is 4.52 Å². The third kappa shape index (κ3) is 3.03. The van der Waals surface area contributed by atoms with Crippen molar-refractivity contribution < 1.29 is 21.7 Å². The molecule has 0 radical (unpaired) electrons. The van der Waals surface area contributed by atoms with Crippen LogP contribution in [-0.4, -0.2) is 30.2 Å². The van der Waals surface area contributed by atoms with Gasteiger partial charge in [0.1, 0.15) is 0 Å². The average Bonchev–Trinajstić information content (AvgIpc) is 2.93. The summed E-state index contributed by atoms with van der Waals surface area (Å²) in [7, 11) is -3.84. The summed E-state index contributed by atoms with van der Waals surface area (Å²) in [5.41, 5.74) is -1.49. The van der Waals surface area contributed by atoms with E-state index < -0.39 is 33.5 Å². The minimum absolute atomic E-state index is 0.152. The van der Waals surface area contributed by atoms with Crippen molar-refractivity contribution in [3.05, 3.63) is 23.3 Å². The Morgan fingerprint density at radius 2 is 2.23 bits per heavy atom. The second kappa shape index (κ2) is 5.07. The van der Waals surface area contributed by atoms with Crippen LogP contribution in [0.3, 0.4) is 0 Å². The third-order valence-corrected chi connectivity index (χ3v) is 5.99. The summed E-state index contributed by atoms with van der Waals surface area (Å²) in [4.78, 5) is 4.82. The highest BCUT2D eigenvalue weighted by molar-refractivity contribution is 7.89. The van der Waals surface area contributed by atoms with E-state index in [0.717, 1.165) is 4.88 Å². The molecule has 0 spiro atoms. The molecule has 120 valence electrons. The van der Waals surface area contributed by atoms with Crippen LogP contribution in [0.4, 0.5) is 8.78 Å². The molecular weight excluding hydrogens is 336 g/mol. The first-order valence-electron chi connectivity index (χ1n) is 6.42. The Bertz CT molecular complexity index is 773. The van der Waals surface area contributed by atoms with Crippen LogP contribution in [0.25, 0.3) is 10.8 Å². The van der Waals surface area contributed by atoms with Gasteiger partial charge in [-0.2, -0.15) is 4.98 Å². The van der Waals surface area contributed by atoms with E-state index in [4.69, 9.17) is 4.52 Å². The van der Waals surface area contributed by atoms with Crippen LogP contribution in [-0.2, 0) is 16.6 Å². The lowest BCUT2D eigenvalue weighted by Crippen LogP contribution is -2.31. The lowest BCUT2D eigenvalue weighted by atomic mass is 10.2. The summed E-state index contributed by atoms with van der Waals surface area (Å²) < 4.78 is 57.2. The average molecular weight is 349 g/mol. The molecule has 0 saturated heterocycles. The van der Waals surface area contributed by atoms with Crippen LogP contribution in [0.15, 0.2) is 22.0 Å². The van der Waals surface area contributed by atoms with Crippen molar-refractivity contribution in [1.29, 1.82) is 0 Å². The van der Waals surface area contributed by atoms with Gasteiger partial charge in [0.05, 0.1) is 22.6 Å². The van der Waals surface area contributed by atoms with Crippen molar-refractivity contribution in [2.45, 2.75) is 25.8 Å². The first-order chi connectivity index (χ1) is 10.2. The van der Waals surface area contributed by atoms with Gasteiger partial charge in [0.15, 0.2) is 5.82 Å². The quantitative estimate of drug-likeness (QED) is 0.865. The van der Waals surface area contributed by atoms with E-state index in [0.29, 0.717) is 5.89 Å². The van der Waals surface area contributed by atoms with E-state index in [1.807, 2.05) is 11.4 Å². The number of thiophene rings is 1. The molecule has 0 bridgehead atoms. The molecule has 1 atom stereocenters. The molecular formula is C12H13F2N3O3S2. The maximum absolute atomic E-state index is 13.1. The van der Waals surface area contributed by atoms with Gasteiger partial charge in [0, 0.05) is 6.42 Å². The van der Waals surface area contributed by atoms with E-state index in [1.165, 1.54) is 18.3 Å². The zero-order valence-corrected chi connectivity index (χ0v) is 13.2. The smallest absolute Gasteiger partial charge is 0.268 e. The SMILES string of the molecule is CC1(CS(=O)(=O)NCc2noc(-c3cccs3)n2)CC1(F)F. The summed E-state index contributed by atoms with van der Waals surface area (Å²) in [5, 5.41) is 5.51. The standard InChI is InChI=1S/C12H13F2N3O3S2/c1-11(6-12(11,13)14)7-22(18,19)15-5-9-16-10(20-17-9)8-3-2-4-21-8/h2-4,15H,5-7H2,1H3. The molecule has 2 aromatic rings. The first-order valence-corrected chi connectivity index (χ1v) is 8.96. The van der Waals surface area contributed by atoms with Crippen molar-refractivity contribution in [2.75, 3.05) is 5.75 Å². The Balaban J connectivity index is 1.61. The lowest BCUT2D eigenvalue weighted by Gasteiger charge is -2.10. The van der Waals surface area contributed by atoms with E-state index in [2.05, 4.69) is 14.9 Å². The van der Waals surface area contributed by atoms with E-state index >= 15 is 0 Å². The largest absolute Gasteiger partial charge is 0.333 e. The molecule has 2 aromatic heterocycles. The van der Waals surface area contributed by atoms with E-state index in [-0.39, 0.29) is 12.4 Å². The van der Waals surface area contributed by atoms with Crippen LogP contribution in [0.5, 0.6) is 0 Å². The summed E-state index contributed by atoms with van der Waals surface area (Å²) in [6.45, 7) is 1.06. The van der Waals surface area contributed by atoms with Crippen LogP contribution < -0.4 is 4.72 Å². The van der Waals surface area contributed by atoms with Gasteiger partial charge in [-0.15, -0.1) is 11.3 Å². The fraction of sp³-hybridized carbons (Fsp3) is 0.500. The van der Waals surface area contributed by atoms with Crippen molar-refractivity contribution in [3.8, 4) is 10.8 Å². The van der Waals surface area contributed by atoms with E-state index in [9.17, 15) is 17.2 Å². The Hall–Kier alpha value is -1.39. The normalized spacial score (nSPS) is 23.6. The Labute approximate surface area is 129 Å². The molecule has 1 fully saturated rings. The molecule has 2 heterocycles. The maximum atomic E-state index is 13.1. The number of hydrogen-bond acceptors (Lipinski definition) is 6. The highest BCUT2D eigenvalue weighted by Crippen LogP contribution is 2.60. The number of rotatable bonds is 6. The van der Waals surface area contributed by atoms with Crippen molar-refractivity contribution in [2.24, 2.45) is 5.41 Å². The van der Waals surface area contributed by atoms with Gasteiger partial charge in [-0.3, -0.25) is 0 Å². The molecule has 6 nitrogen and oxygen atoms in total. The van der Waals surface area contributed by atoms with Crippen LogP contribution in [0.1, 0.15) is 19.2 Å². The summed E-state index contributed by atoms with van der Waals surface area (Å²) in [5.74, 6) is -3.09. The first kappa shape index (κ1) is 15.5. The van der Waals surface area contributed by atoms with Crippen molar-refractivity contribution >= 4 is 21.4 Å². The number of nitrogens with one attached hydrogen (secondary N) is 1. The van der Waals surface area contributed by atoms with Gasteiger partial charge in [0.2, 0.25) is 10.0 Å². The minimum atomic E-state index is -3.84. The maximum Gasteiger partial charge on any atom is 0.268 e. The Morgan fingerprint density at radius 1 is 1.50 bits per heavy atom. The number of aromatic nitrogens is 2. The van der Waals surface area contributed by atoms with Crippen LogP contribution in [0, 0.1) is 5.41 Å². The number of alkyl halides is 2. The molecule has 1 aliphatic carbocycles.